The number of hydrogen-bond donors (Lipinski definition) is 2. The molecule has 0 aliphatic carbocycles. The summed E-state index contributed by atoms with van der Waals surface area (Å²) in [5.41, 5.74) is 0.841. The smallest absolute Gasteiger partial charge is 0.227 e. The number of carbonyl (C=O) groups excluding carboxylic acids is 1. The standard InChI is InChI=1S/C16H22N4O3/c1-11(17-2)10-18-14(21)8-9-15-19-16(20-23-15)12-4-6-13(22-3)7-5-12/h4-7,11,17H,8-10H2,1-3H3,(H,18,21). The van der Waals surface area contributed by atoms with E-state index in [1.165, 1.54) is 0 Å². The summed E-state index contributed by atoms with van der Waals surface area (Å²) in [6.45, 7) is 2.59. The van der Waals surface area contributed by atoms with Crippen molar-refractivity contribution >= 4 is 5.91 Å². The summed E-state index contributed by atoms with van der Waals surface area (Å²) in [4.78, 5) is 16.0. The number of amides is 1. The summed E-state index contributed by atoms with van der Waals surface area (Å²) in [5, 5.41) is 9.85. The van der Waals surface area contributed by atoms with Crippen LogP contribution in [0.25, 0.3) is 11.4 Å². The summed E-state index contributed by atoms with van der Waals surface area (Å²) >= 11 is 0. The van der Waals surface area contributed by atoms with Crippen LogP contribution in [0.5, 0.6) is 5.75 Å². The van der Waals surface area contributed by atoms with Gasteiger partial charge in [-0.1, -0.05) is 5.16 Å². The number of benzene rings is 1. The fourth-order valence-electron chi connectivity index (χ4n) is 1.89. The van der Waals surface area contributed by atoms with Gasteiger partial charge < -0.3 is 19.9 Å². The van der Waals surface area contributed by atoms with Gasteiger partial charge in [0.05, 0.1) is 7.11 Å². The van der Waals surface area contributed by atoms with Crippen LogP contribution in [0.4, 0.5) is 0 Å². The van der Waals surface area contributed by atoms with Gasteiger partial charge in [-0.05, 0) is 38.2 Å². The summed E-state index contributed by atoms with van der Waals surface area (Å²) in [6.07, 6.45) is 0.740. The fraction of sp³-hybridized carbons (Fsp3) is 0.438. The number of aromatic nitrogens is 2. The molecule has 1 unspecified atom stereocenters. The molecule has 1 heterocycles. The highest BCUT2D eigenvalue weighted by Gasteiger charge is 2.11. The Morgan fingerprint density at radius 1 is 1.35 bits per heavy atom. The number of carbonyl (C=O) groups is 1. The van der Waals surface area contributed by atoms with E-state index < -0.39 is 0 Å². The van der Waals surface area contributed by atoms with Crippen molar-refractivity contribution < 1.29 is 14.1 Å². The van der Waals surface area contributed by atoms with Gasteiger partial charge in [-0.15, -0.1) is 0 Å². The molecule has 0 aliphatic heterocycles. The van der Waals surface area contributed by atoms with Crippen molar-refractivity contribution in [2.24, 2.45) is 0 Å². The van der Waals surface area contributed by atoms with E-state index in [0.717, 1.165) is 11.3 Å². The molecule has 0 saturated carbocycles. The molecule has 7 heteroatoms. The largest absolute Gasteiger partial charge is 0.497 e. The van der Waals surface area contributed by atoms with Gasteiger partial charge in [0.2, 0.25) is 17.6 Å². The maximum atomic E-state index is 11.7. The first kappa shape index (κ1) is 17.0. The minimum atomic E-state index is -0.0312. The van der Waals surface area contributed by atoms with Crippen LogP contribution in [0.3, 0.4) is 0 Å². The average Bonchev–Trinajstić information content (AvgIpc) is 3.06. The predicted octanol–water partition coefficient (Wildman–Crippen LogP) is 1.40. The molecule has 2 rings (SSSR count). The van der Waals surface area contributed by atoms with Crippen LogP contribution in [0.2, 0.25) is 0 Å². The Morgan fingerprint density at radius 2 is 2.09 bits per heavy atom. The summed E-state index contributed by atoms with van der Waals surface area (Å²) in [5.74, 6) is 1.70. The predicted molar refractivity (Wildman–Crippen MR) is 86.1 cm³/mol. The lowest BCUT2D eigenvalue weighted by Gasteiger charge is -2.10. The van der Waals surface area contributed by atoms with Crippen LogP contribution in [0, 0.1) is 0 Å². The summed E-state index contributed by atoms with van der Waals surface area (Å²) in [7, 11) is 3.47. The molecule has 0 fully saturated rings. The highest BCUT2D eigenvalue weighted by molar-refractivity contribution is 5.76. The van der Waals surface area contributed by atoms with E-state index in [9.17, 15) is 4.79 Å². The molecule has 0 radical (unpaired) electrons. The number of nitrogens with zero attached hydrogens (tertiary/aromatic N) is 2. The molecule has 124 valence electrons. The lowest BCUT2D eigenvalue weighted by atomic mass is 10.2. The average molecular weight is 318 g/mol. The summed E-state index contributed by atoms with van der Waals surface area (Å²) < 4.78 is 10.3. The number of hydrogen-bond acceptors (Lipinski definition) is 6. The van der Waals surface area contributed by atoms with Crippen LogP contribution in [0.15, 0.2) is 28.8 Å². The molecule has 7 nitrogen and oxygen atoms in total. The monoisotopic (exact) mass is 318 g/mol. The molecule has 1 amide bonds. The first-order valence-electron chi connectivity index (χ1n) is 7.53. The molecule has 0 aliphatic rings. The molecule has 2 aromatic rings. The van der Waals surface area contributed by atoms with Crippen molar-refractivity contribution in [1.29, 1.82) is 0 Å². The third-order valence-corrected chi connectivity index (χ3v) is 3.48. The third-order valence-electron chi connectivity index (χ3n) is 3.48. The van der Waals surface area contributed by atoms with Gasteiger partial charge in [0.1, 0.15) is 5.75 Å². The lowest BCUT2D eigenvalue weighted by molar-refractivity contribution is -0.121. The van der Waals surface area contributed by atoms with Gasteiger partial charge >= 0.3 is 0 Å². The Bertz CT molecular complexity index is 625. The quantitative estimate of drug-likeness (QED) is 0.765. The van der Waals surface area contributed by atoms with E-state index in [0.29, 0.717) is 31.1 Å². The van der Waals surface area contributed by atoms with Crippen LogP contribution in [-0.4, -0.2) is 42.8 Å². The van der Waals surface area contributed by atoms with E-state index in [1.807, 2.05) is 38.2 Å². The second-order valence-corrected chi connectivity index (χ2v) is 5.23. The Hall–Kier alpha value is -2.41. The summed E-state index contributed by atoms with van der Waals surface area (Å²) in [6, 6.07) is 7.63. The van der Waals surface area contributed by atoms with Crippen molar-refractivity contribution in [3.05, 3.63) is 30.2 Å². The van der Waals surface area contributed by atoms with E-state index in [2.05, 4.69) is 20.8 Å². The molecule has 1 aromatic carbocycles. The zero-order chi connectivity index (χ0) is 16.7. The van der Waals surface area contributed by atoms with Crippen molar-refractivity contribution in [3.8, 4) is 17.1 Å². The minimum Gasteiger partial charge on any atom is -0.497 e. The maximum absolute atomic E-state index is 11.7. The van der Waals surface area contributed by atoms with Gasteiger partial charge in [0.15, 0.2) is 0 Å². The van der Waals surface area contributed by atoms with E-state index in [4.69, 9.17) is 9.26 Å². The van der Waals surface area contributed by atoms with Gasteiger partial charge in [0.25, 0.3) is 0 Å². The number of ether oxygens (including phenoxy) is 1. The second kappa shape index (κ2) is 8.28. The Morgan fingerprint density at radius 3 is 2.74 bits per heavy atom. The number of likely N-dealkylation sites (N-methyl/N-ethyl adjacent to an activating group) is 1. The van der Waals surface area contributed by atoms with Crippen molar-refractivity contribution in [3.63, 3.8) is 0 Å². The zero-order valence-electron chi connectivity index (χ0n) is 13.6. The van der Waals surface area contributed by atoms with Gasteiger partial charge in [-0.2, -0.15) is 4.98 Å². The number of aryl methyl sites for hydroxylation is 1. The lowest BCUT2D eigenvalue weighted by Crippen LogP contribution is -2.37. The van der Waals surface area contributed by atoms with E-state index in [-0.39, 0.29) is 11.9 Å². The number of methoxy groups -OCH3 is 1. The molecule has 23 heavy (non-hydrogen) atoms. The van der Waals surface area contributed by atoms with Gasteiger partial charge in [-0.25, -0.2) is 0 Å². The van der Waals surface area contributed by atoms with Crippen molar-refractivity contribution in [2.45, 2.75) is 25.8 Å². The molecular weight excluding hydrogens is 296 g/mol. The van der Waals surface area contributed by atoms with Crippen molar-refractivity contribution in [1.82, 2.24) is 20.8 Å². The second-order valence-electron chi connectivity index (χ2n) is 5.23. The first-order valence-corrected chi connectivity index (χ1v) is 7.53. The molecule has 0 spiro atoms. The van der Waals surface area contributed by atoms with Crippen molar-refractivity contribution in [2.75, 3.05) is 20.7 Å². The first-order chi connectivity index (χ1) is 11.1. The fourth-order valence-corrected chi connectivity index (χ4v) is 1.89. The Labute approximate surface area is 135 Å². The normalized spacial score (nSPS) is 12.0. The number of nitrogens with one attached hydrogen (secondary N) is 2. The molecular formula is C16H22N4O3. The molecule has 0 saturated heterocycles. The van der Waals surface area contributed by atoms with Crippen LogP contribution >= 0.6 is 0 Å². The topological polar surface area (TPSA) is 89.3 Å². The molecule has 1 atom stereocenters. The Balaban J connectivity index is 1.85. The van der Waals surface area contributed by atoms with E-state index in [1.54, 1.807) is 7.11 Å². The maximum Gasteiger partial charge on any atom is 0.227 e. The van der Waals surface area contributed by atoms with Crippen LogP contribution in [-0.2, 0) is 11.2 Å². The van der Waals surface area contributed by atoms with Crippen LogP contribution in [0.1, 0.15) is 19.2 Å². The van der Waals surface area contributed by atoms with Gasteiger partial charge in [0, 0.05) is 31.0 Å². The van der Waals surface area contributed by atoms with Gasteiger partial charge in [-0.3, -0.25) is 4.79 Å². The SMILES string of the molecule is CNC(C)CNC(=O)CCc1nc(-c2ccc(OC)cc2)no1. The molecule has 1 aromatic heterocycles. The van der Waals surface area contributed by atoms with Crippen LogP contribution < -0.4 is 15.4 Å². The van der Waals surface area contributed by atoms with E-state index >= 15 is 0 Å². The highest BCUT2D eigenvalue weighted by Crippen LogP contribution is 2.19. The minimum absolute atomic E-state index is 0.0312. The highest BCUT2D eigenvalue weighted by atomic mass is 16.5. The number of rotatable bonds is 8. The molecule has 2 N–H and O–H groups in total. The third kappa shape index (κ3) is 5.07. The molecule has 0 bridgehead atoms. The zero-order valence-corrected chi connectivity index (χ0v) is 13.6. The Kier molecular flexibility index (Phi) is 6.10.